The van der Waals surface area contributed by atoms with Gasteiger partial charge in [-0.1, -0.05) is 15.9 Å². The number of rotatable bonds is 6. The summed E-state index contributed by atoms with van der Waals surface area (Å²) in [5, 5.41) is 0. The second-order valence-corrected chi connectivity index (χ2v) is 6.59. The fraction of sp³-hybridized carbons (Fsp3) is 0.471. The normalized spacial score (nSPS) is 23.7. The molecule has 1 aliphatic rings. The average molecular weight is 475 g/mol. The molecule has 0 aliphatic carbocycles. The van der Waals surface area contributed by atoms with E-state index in [0.717, 1.165) is 18.4 Å². The molecule has 11 nitrogen and oxygen atoms in total. The molecule has 1 N–H and O–H groups in total. The third-order valence-corrected chi connectivity index (χ3v) is 4.12. The molecule has 0 aromatic carbocycles. The minimum atomic E-state index is -1.25. The number of H-pyrrole nitrogens is 1. The highest BCUT2D eigenvalue weighted by Gasteiger charge is 2.51. The van der Waals surface area contributed by atoms with Crippen LogP contribution in [0.5, 0.6) is 0 Å². The first-order valence-electron chi connectivity index (χ1n) is 8.39. The summed E-state index contributed by atoms with van der Waals surface area (Å²) in [5.74, 6) is -2.01. The van der Waals surface area contributed by atoms with Gasteiger partial charge in [0.15, 0.2) is 18.4 Å². The van der Waals surface area contributed by atoms with Gasteiger partial charge in [0.1, 0.15) is 12.7 Å². The molecule has 0 unspecified atom stereocenters. The molecule has 1 aromatic heterocycles. The predicted octanol–water partition coefficient (Wildman–Crippen LogP) is 0.226. The Kier molecular flexibility index (Phi) is 7.51. The van der Waals surface area contributed by atoms with Gasteiger partial charge in [-0.2, -0.15) is 0 Å². The summed E-state index contributed by atoms with van der Waals surface area (Å²) in [4.78, 5) is 62.2. The molecule has 12 heteroatoms. The predicted molar refractivity (Wildman–Crippen MR) is 101 cm³/mol. The van der Waals surface area contributed by atoms with E-state index in [2.05, 4.69) is 20.9 Å². The van der Waals surface area contributed by atoms with Crippen LogP contribution < -0.4 is 11.2 Å². The van der Waals surface area contributed by atoms with E-state index in [0.29, 0.717) is 0 Å². The lowest BCUT2D eigenvalue weighted by Gasteiger charge is -2.24. The third-order valence-electron chi connectivity index (χ3n) is 3.85. The van der Waals surface area contributed by atoms with Crippen LogP contribution in [0.25, 0.3) is 6.08 Å². The minimum Gasteiger partial charge on any atom is -0.463 e. The number of carbonyl (C=O) groups excluding carboxylic acids is 3. The highest BCUT2D eigenvalue weighted by molar-refractivity contribution is 9.11. The minimum absolute atomic E-state index is 0.110. The molecule has 0 amide bonds. The molecule has 0 bridgehead atoms. The van der Waals surface area contributed by atoms with E-state index >= 15 is 0 Å². The van der Waals surface area contributed by atoms with E-state index in [-0.39, 0.29) is 12.2 Å². The number of ether oxygens (including phenoxy) is 4. The van der Waals surface area contributed by atoms with Crippen molar-refractivity contribution in [3.63, 3.8) is 0 Å². The van der Waals surface area contributed by atoms with E-state index in [1.807, 2.05) is 0 Å². The van der Waals surface area contributed by atoms with Crippen LogP contribution in [0.15, 0.2) is 20.8 Å². The molecule has 2 heterocycles. The quantitative estimate of drug-likeness (QED) is 0.452. The van der Waals surface area contributed by atoms with E-state index in [1.54, 1.807) is 0 Å². The number of aromatic amines is 1. The van der Waals surface area contributed by atoms with Crippen LogP contribution in [0.3, 0.4) is 0 Å². The van der Waals surface area contributed by atoms with E-state index in [1.165, 1.54) is 24.2 Å². The third kappa shape index (κ3) is 5.64. The summed E-state index contributed by atoms with van der Waals surface area (Å²) in [6, 6.07) is 0. The van der Waals surface area contributed by atoms with Crippen LogP contribution in [0.4, 0.5) is 0 Å². The molecule has 0 radical (unpaired) electrons. The Morgan fingerprint density at radius 2 is 1.76 bits per heavy atom. The van der Waals surface area contributed by atoms with Crippen molar-refractivity contribution >= 4 is 39.9 Å². The van der Waals surface area contributed by atoms with Crippen LogP contribution in [0.2, 0.25) is 0 Å². The van der Waals surface area contributed by atoms with Crippen molar-refractivity contribution in [2.75, 3.05) is 6.61 Å². The average Bonchev–Trinajstić information content (AvgIpc) is 2.92. The maximum atomic E-state index is 12.4. The fourth-order valence-electron chi connectivity index (χ4n) is 2.79. The Bertz CT molecular complexity index is 936. The zero-order valence-electron chi connectivity index (χ0n) is 15.7. The fourth-order valence-corrected chi connectivity index (χ4v) is 3.08. The number of hydrogen-bond acceptors (Lipinski definition) is 9. The largest absolute Gasteiger partial charge is 0.463 e. The highest BCUT2D eigenvalue weighted by Crippen LogP contribution is 2.33. The molecule has 29 heavy (non-hydrogen) atoms. The molecular formula is C17H19BrN2O9. The summed E-state index contributed by atoms with van der Waals surface area (Å²) in [6.45, 7) is 3.15. The van der Waals surface area contributed by atoms with Crippen LogP contribution in [0.1, 0.15) is 32.6 Å². The molecule has 1 fully saturated rings. The van der Waals surface area contributed by atoms with Gasteiger partial charge >= 0.3 is 23.6 Å². The zero-order chi connectivity index (χ0) is 21.7. The topological polar surface area (TPSA) is 143 Å². The van der Waals surface area contributed by atoms with Crippen molar-refractivity contribution in [2.45, 2.75) is 45.3 Å². The molecule has 4 atom stereocenters. The molecule has 2 rings (SSSR count). The monoisotopic (exact) mass is 474 g/mol. The van der Waals surface area contributed by atoms with Gasteiger partial charge in [0.25, 0.3) is 5.56 Å². The molecule has 1 aliphatic heterocycles. The molecule has 1 aromatic rings. The highest BCUT2D eigenvalue weighted by atomic mass is 79.9. The Balaban J connectivity index is 2.52. The summed E-state index contributed by atoms with van der Waals surface area (Å²) < 4.78 is 22.2. The maximum absolute atomic E-state index is 12.4. The Labute approximate surface area is 172 Å². The van der Waals surface area contributed by atoms with Crippen molar-refractivity contribution < 1.29 is 33.3 Å². The van der Waals surface area contributed by atoms with E-state index < -0.39 is 53.7 Å². The molecular weight excluding hydrogens is 456 g/mol. The van der Waals surface area contributed by atoms with Gasteiger partial charge in [-0.15, -0.1) is 0 Å². The number of hydrogen-bond donors (Lipinski definition) is 1. The lowest BCUT2D eigenvalue weighted by Crippen LogP contribution is -2.42. The SMILES string of the molecule is CC(=O)OC[C@H]1O[C@@H](n2cc(/C=C/Br)c(=O)[nH]c2=O)[C@H](OC(C)=O)[C@H]1OC(C)=O. The number of halogens is 1. The Morgan fingerprint density at radius 3 is 2.31 bits per heavy atom. The summed E-state index contributed by atoms with van der Waals surface area (Å²) in [5.41, 5.74) is -1.37. The second kappa shape index (κ2) is 9.65. The number of nitrogens with zero attached hydrogens (tertiary/aromatic N) is 1. The molecule has 158 valence electrons. The van der Waals surface area contributed by atoms with Crippen molar-refractivity contribution in [1.29, 1.82) is 0 Å². The van der Waals surface area contributed by atoms with Gasteiger partial charge < -0.3 is 18.9 Å². The van der Waals surface area contributed by atoms with E-state index in [4.69, 9.17) is 18.9 Å². The summed E-state index contributed by atoms with van der Waals surface area (Å²) >= 11 is 3.04. The van der Waals surface area contributed by atoms with Gasteiger partial charge in [-0.05, 0) is 11.1 Å². The smallest absolute Gasteiger partial charge is 0.330 e. The van der Waals surface area contributed by atoms with Crippen LogP contribution in [0, 0.1) is 0 Å². The van der Waals surface area contributed by atoms with Crippen molar-refractivity contribution in [1.82, 2.24) is 9.55 Å². The number of nitrogens with one attached hydrogen (secondary N) is 1. The maximum Gasteiger partial charge on any atom is 0.330 e. The van der Waals surface area contributed by atoms with Gasteiger partial charge in [0.05, 0.1) is 5.56 Å². The van der Waals surface area contributed by atoms with Crippen LogP contribution in [-0.2, 0) is 33.3 Å². The number of aromatic nitrogens is 2. The van der Waals surface area contributed by atoms with E-state index in [9.17, 15) is 24.0 Å². The first-order valence-corrected chi connectivity index (χ1v) is 9.31. The van der Waals surface area contributed by atoms with Crippen LogP contribution in [-0.4, -0.2) is 52.4 Å². The summed E-state index contributed by atoms with van der Waals surface area (Å²) in [6.07, 6.45) is -2.07. The molecule has 1 saturated heterocycles. The van der Waals surface area contributed by atoms with Crippen molar-refractivity contribution in [2.24, 2.45) is 0 Å². The zero-order valence-corrected chi connectivity index (χ0v) is 17.3. The Hall–Kier alpha value is -2.73. The lowest BCUT2D eigenvalue weighted by molar-refractivity contribution is -0.166. The summed E-state index contributed by atoms with van der Waals surface area (Å²) in [7, 11) is 0. The molecule has 0 saturated carbocycles. The van der Waals surface area contributed by atoms with Gasteiger partial charge in [-0.25, -0.2) is 4.79 Å². The first-order chi connectivity index (χ1) is 13.6. The van der Waals surface area contributed by atoms with Crippen molar-refractivity contribution in [3.05, 3.63) is 37.6 Å². The number of esters is 3. The van der Waals surface area contributed by atoms with Gasteiger partial charge in [0.2, 0.25) is 0 Å². The second-order valence-electron chi connectivity index (χ2n) is 6.06. The Morgan fingerprint density at radius 1 is 1.14 bits per heavy atom. The van der Waals surface area contributed by atoms with Gasteiger partial charge in [-0.3, -0.25) is 28.7 Å². The van der Waals surface area contributed by atoms with Crippen molar-refractivity contribution in [3.8, 4) is 0 Å². The van der Waals surface area contributed by atoms with Gasteiger partial charge in [0, 0.05) is 27.0 Å². The van der Waals surface area contributed by atoms with Crippen LogP contribution >= 0.6 is 15.9 Å². The first kappa shape index (κ1) is 22.6. The number of carbonyl (C=O) groups is 3. The lowest BCUT2D eigenvalue weighted by atomic mass is 10.1. The molecule has 0 spiro atoms. The standard InChI is InChI=1S/C17H19BrN2O9/c1-8(21)26-7-12-13(27-9(2)22)14(28-10(3)23)16(29-12)20-6-11(4-5-18)15(24)19-17(20)25/h4-6,12-14,16H,7H2,1-3H3,(H,19,24,25)/b5-4+/t12-,13+,14-,16-/m1/s1.